The molecular weight excluding hydrogens is 421 g/mol. The molecule has 0 radical (unpaired) electrons. The van der Waals surface area contributed by atoms with Crippen molar-refractivity contribution in [2.45, 2.75) is 25.4 Å². The number of nitrogens with one attached hydrogen (secondary N) is 1. The quantitative estimate of drug-likeness (QED) is 0.635. The first-order valence-electron chi connectivity index (χ1n) is 10.5. The van der Waals surface area contributed by atoms with Gasteiger partial charge in [-0.05, 0) is 43.1 Å². The van der Waals surface area contributed by atoms with Gasteiger partial charge in [-0.15, -0.1) is 0 Å². The van der Waals surface area contributed by atoms with Crippen molar-refractivity contribution in [3.8, 4) is 0 Å². The lowest BCUT2D eigenvalue weighted by Gasteiger charge is -2.36. The Morgan fingerprint density at radius 1 is 1.00 bits per heavy atom. The van der Waals surface area contributed by atoms with Crippen molar-refractivity contribution in [2.75, 3.05) is 49.5 Å². The van der Waals surface area contributed by atoms with E-state index in [9.17, 15) is 4.79 Å². The predicted molar refractivity (Wildman–Crippen MR) is 123 cm³/mol. The summed E-state index contributed by atoms with van der Waals surface area (Å²) >= 11 is 12.5. The van der Waals surface area contributed by atoms with Gasteiger partial charge in [0.1, 0.15) is 6.10 Å². The molecule has 1 saturated heterocycles. The van der Waals surface area contributed by atoms with Crippen molar-refractivity contribution in [1.29, 1.82) is 0 Å². The average molecular weight is 448 g/mol. The van der Waals surface area contributed by atoms with Crippen LogP contribution in [-0.4, -0.2) is 56.2 Å². The normalized spacial score (nSPS) is 19.5. The van der Waals surface area contributed by atoms with Gasteiger partial charge in [0.15, 0.2) is 0 Å². The van der Waals surface area contributed by atoms with Crippen LogP contribution in [-0.2, 0) is 16.0 Å². The van der Waals surface area contributed by atoms with Crippen LogP contribution in [0, 0.1) is 0 Å². The molecule has 2 heterocycles. The van der Waals surface area contributed by atoms with E-state index in [4.69, 9.17) is 27.9 Å². The second-order valence-electron chi connectivity index (χ2n) is 7.82. The Kier molecular flexibility index (Phi) is 7.16. The lowest BCUT2D eigenvalue weighted by Crippen LogP contribution is -2.46. The summed E-state index contributed by atoms with van der Waals surface area (Å²) in [6.07, 6.45) is 2.27. The van der Waals surface area contributed by atoms with Crippen LogP contribution in [0.25, 0.3) is 0 Å². The molecule has 1 unspecified atom stereocenters. The SMILES string of the molecule is O=C1Nc2ccccc2CC1OCCCCN1CCN(c2cccc(Cl)c2Cl)CC1. The summed E-state index contributed by atoms with van der Waals surface area (Å²) in [5, 5.41) is 4.17. The predicted octanol–water partition coefficient (Wildman–Crippen LogP) is 4.48. The highest BCUT2D eigenvalue weighted by molar-refractivity contribution is 6.43. The number of unbranched alkanes of at least 4 members (excludes halogenated alkanes) is 1. The zero-order chi connectivity index (χ0) is 20.9. The molecule has 1 N–H and O–H groups in total. The fraction of sp³-hybridized carbons (Fsp3) is 0.435. The summed E-state index contributed by atoms with van der Waals surface area (Å²) in [6, 6.07) is 13.7. The molecule has 0 spiro atoms. The number of rotatable bonds is 7. The van der Waals surface area contributed by atoms with Gasteiger partial charge in [-0.3, -0.25) is 9.69 Å². The first kappa shape index (κ1) is 21.4. The van der Waals surface area contributed by atoms with Crippen LogP contribution >= 0.6 is 23.2 Å². The van der Waals surface area contributed by atoms with E-state index in [1.165, 1.54) is 0 Å². The molecule has 5 nitrogen and oxygen atoms in total. The Labute approximate surface area is 187 Å². The molecule has 2 aromatic carbocycles. The van der Waals surface area contributed by atoms with Gasteiger partial charge in [0, 0.05) is 44.9 Å². The molecule has 1 fully saturated rings. The highest BCUT2D eigenvalue weighted by atomic mass is 35.5. The minimum Gasteiger partial charge on any atom is -0.368 e. The number of hydrogen-bond acceptors (Lipinski definition) is 4. The van der Waals surface area contributed by atoms with Gasteiger partial charge >= 0.3 is 0 Å². The zero-order valence-electron chi connectivity index (χ0n) is 16.9. The summed E-state index contributed by atoms with van der Waals surface area (Å²) in [7, 11) is 0. The number of amides is 1. The Bertz CT molecular complexity index is 885. The van der Waals surface area contributed by atoms with Crippen molar-refractivity contribution < 1.29 is 9.53 Å². The van der Waals surface area contributed by atoms with E-state index in [1.54, 1.807) is 0 Å². The third-order valence-electron chi connectivity index (χ3n) is 5.80. The third-order valence-corrected chi connectivity index (χ3v) is 6.61. The number of hydrogen-bond donors (Lipinski definition) is 1. The topological polar surface area (TPSA) is 44.8 Å². The standard InChI is InChI=1S/C23H27Cl2N3O2/c24-18-7-5-9-20(22(18)25)28-13-11-27(12-14-28)10-3-4-15-30-21-16-17-6-1-2-8-19(17)26-23(21)29/h1-2,5-9,21H,3-4,10-16H2,(H,26,29). The molecule has 2 aromatic rings. The van der Waals surface area contributed by atoms with Gasteiger partial charge in [-0.1, -0.05) is 47.5 Å². The maximum absolute atomic E-state index is 12.2. The van der Waals surface area contributed by atoms with Crippen LogP contribution in [0.5, 0.6) is 0 Å². The van der Waals surface area contributed by atoms with Crippen LogP contribution in [0.3, 0.4) is 0 Å². The minimum atomic E-state index is -0.383. The van der Waals surface area contributed by atoms with Gasteiger partial charge in [0.25, 0.3) is 5.91 Å². The average Bonchev–Trinajstić information content (AvgIpc) is 2.76. The molecule has 160 valence electrons. The monoisotopic (exact) mass is 447 g/mol. The molecular formula is C23H27Cl2N3O2. The second-order valence-corrected chi connectivity index (χ2v) is 8.60. The molecule has 0 saturated carbocycles. The summed E-state index contributed by atoms with van der Waals surface area (Å²) in [6.45, 7) is 5.55. The van der Waals surface area contributed by atoms with Crippen LogP contribution in [0.1, 0.15) is 18.4 Å². The van der Waals surface area contributed by atoms with Crippen LogP contribution < -0.4 is 10.2 Å². The number of carbonyl (C=O) groups is 1. The summed E-state index contributed by atoms with van der Waals surface area (Å²) in [4.78, 5) is 17.0. The summed E-state index contributed by atoms with van der Waals surface area (Å²) < 4.78 is 5.87. The number of ether oxygens (including phenoxy) is 1. The molecule has 4 rings (SSSR count). The first-order valence-corrected chi connectivity index (χ1v) is 11.3. The Morgan fingerprint density at radius 2 is 1.80 bits per heavy atom. The molecule has 0 aliphatic carbocycles. The minimum absolute atomic E-state index is 0.0375. The van der Waals surface area contributed by atoms with Crippen molar-refractivity contribution in [3.63, 3.8) is 0 Å². The second kappa shape index (κ2) is 10.0. The van der Waals surface area contributed by atoms with Crippen LogP contribution in [0.2, 0.25) is 10.0 Å². The molecule has 2 aliphatic rings. The fourth-order valence-corrected chi connectivity index (χ4v) is 4.49. The lowest BCUT2D eigenvalue weighted by molar-refractivity contribution is -0.128. The van der Waals surface area contributed by atoms with Gasteiger partial charge in [0.2, 0.25) is 0 Å². The highest BCUT2D eigenvalue weighted by Crippen LogP contribution is 2.32. The Balaban J connectivity index is 1.14. The number of piperazine rings is 1. The molecule has 0 bridgehead atoms. The zero-order valence-corrected chi connectivity index (χ0v) is 18.5. The number of benzene rings is 2. The third kappa shape index (κ3) is 5.09. The van der Waals surface area contributed by atoms with Gasteiger partial charge in [0.05, 0.1) is 15.7 Å². The summed E-state index contributed by atoms with van der Waals surface area (Å²) in [5.41, 5.74) is 3.06. The number of carbonyl (C=O) groups excluding carboxylic acids is 1. The lowest BCUT2D eigenvalue weighted by atomic mass is 10.0. The van der Waals surface area contributed by atoms with Gasteiger partial charge in [-0.25, -0.2) is 0 Å². The maximum Gasteiger partial charge on any atom is 0.253 e. The van der Waals surface area contributed by atoms with Gasteiger partial charge in [-0.2, -0.15) is 0 Å². The molecule has 1 atom stereocenters. The highest BCUT2D eigenvalue weighted by Gasteiger charge is 2.26. The molecule has 30 heavy (non-hydrogen) atoms. The van der Waals surface area contributed by atoms with E-state index in [1.807, 2.05) is 42.5 Å². The van der Waals surface area contributed by atoms with Crippen molar-refractivity contribution >= 4 is 40.5 Å². The van der Waals surface area contributed by atoms with E-state index in [0.717, 1.165) is 62.5 Å². The number of halogens is 2. The van der Waals surface area contributed by atoms with Crippen molar-refractivity contribution in [3.05, 3.63) is 58.1 Å². The smallest absolute Gasteiger partial charge is 0.253 e. The fourth-order valence-electron chi connectivity index (χ4n) is 4.07. The Hall–Kier alpha value is -1.79. The molecule has 2 aliphatic heterocycles. The van der Waals surface area contributed by atoms with Crippen molar-refractivity contribution in [2.24, 2.45) is 0 Å². The number of nitrogens with zero attached hydrogens (tertiary/aromatic N) is 2. The van der Waals surface area contributed by atoms with Gasteiger partial charge < -0.3 is 15.0 Å². The van der Waals surface area contributed by atoms with E-state index in [0.29, 0.717) is 23.1 Å². The Morgan fingerprint density at radius 3 is 2.63 bits per heavy atom. The number of fused-ring (bicyclic) bond motifs is 1. The van der Waals surface area contributed by atoms with Crippen LogP contribution in [0.15, 0.2) is 42.5 Å². The van der Waals surface area contributed by atoms with Crippen LogP contribution in [0.4, 0.5) is 11.4 Å². The van der Waals surface area contributed by atoms with Crippen molar-refractivity contribution in [1.82, 2.24) is 4.90 Å². The molecule has 1 amide bonds. The first-order chi connectivity index (χ1) is 14.6. The largest absolute Gasteiger partial charge is 0.368 e. The van der Waals surface area contributed by atoms with E-state index < -0.39 is 0 Å². The number of anilines is 2. The van der Waals surface area contributed by atoms with E-state index >= 15 is 0 Å². The number of para-hydroxylation sites is 1. The van der Waals surface area contributed by atoms with E-state index in [-0.39, 0.29) is 12.0 Å². The van der Waals surface area contributed by atoms with E-state index in [2.05, 4.69) is 15.1 Å². The maximum atomic E-state index is 12.2. The summed E-state index contributed by atoms with van der Waals surface area (Å²) in [5.74, 6) is -0.0375. The molecule has 7 heteroatoms. The molecule has 0 aromatic heterocycles.